The van der Waals surface area contributed by atoms with Crippen LogP contribution in [0.1, 0.15) is 39.0 Å². The van der Waals surface area contributed by atoms with Crippen LogP contribution in [0.3, 0.4) is 0 Å². The second-order valence-corrected chi connectivity index (χ2v) is 5.94. The summed E-state index contributed by atoms with van der Waals surface area (Å²) in [6.07, 6.45) is 7.32. The highest BCUT2D eigenvalue weighted by Gasteiger charge is 2.41. The quantitative estimate of drug-likeness (QED) is 0.719. The number of hydrogen-bond donors (Lipinski definition) is 2. The molecule has 0 amide bonds. The van der Waals surface area contributed by atoms with Crippen molar-refractivity contribution in [3.8, 4) is 0 Å². The molecule has 2 atom stereocenters. The standard InChI is InChI=1S/C13H24N2/c1-9-6-7-14-12(9)8-15-13(10-2-3-10)11-4-5-11/h9-15H,2-8H2,1H3. The van der Waals surface area contributed by atoms with Crippen LogP contribution in [-0.2, 0) is 0 Å². The maximum atomic E-state index is 3.85. The van der Waals surface area contributed by atoms with Crippen LogP contribution in [0, 0.1) is 17.8 Å². The Balaban J connectivity index is 1.46. The van der Waals surface area contributed by atoms with Crippen LogP contribution in [0.15, 0.2) is 0 Å². The van der Waals surface area contributed by atoms with Crippen LogP contribution in [0.5, 0.6) is 0 Å². The maximum absolute atomic E-state index is 3.85. The normalized spacial score (nSPS) is 36.4. The average Bonchev–Trinajstić information content (AvgIpc) is 3.11. The van der Waals surface area contributed by atoms with E-state index in [1.54, 1.807) is 0 Å². The molecule has 3 aliphatic rings. The van der Waals surface area contributed by atoms with E-state index < -0.39 is 0 Å². The molecule has 86 valence electrons. The minimum atomic E-state index is 0.741. The maximum Gasteiger partial charge on any atom is 0.0218 e. The van der Waals surface area contributed by atoms with Gasteiger partial charge in [-0.25, -0.2) is 0 Å². The minimum Gasteiger partial charge on any atom is -0.312 e. The minimum absolute atomic E-state index is 0.741. The molecule has 3 rings (SSSR count). The van der Waals surface area contributed by atoms with Gasteiger partial charge in [0.15, 0.2) is 0 Å². The Labute approximate surface area is 93.2 Å². The zero-order valence-corrected chi connectivity index (χ0v) is 9.84. The predicted molar refractivity (Wildman–Crippen MR) is 62.8 cm³/mol. The van der Waals surface area contributed by atoms with E-state index in [1.807, 2.05) is 0 Å². The van der Waals surface area contributed by atoms with Crippen LogP contribution in [0.25, 0.3) is 0 Å². The Hall–Kier alpha value is -0.0800. The van der Waals surface area contributed by atoms with Gasteiger partial charge in [-0.3, -0.25) is 0 Å². The van der Waals surface area contributed by atoms with Crippen LogP contribution >= 0.6 is 0 Å². The molecule has 0 aromatic rings. The summed E-state index contributed by atoms with van der Waals surface area (Å²) in [4.78, 5) is 0. The lowest BCUT2D eigenvalue weighted by atomic mass is 10.0. The van der Waals surface area contributed by atoms with Crippen molar-refractivity contribution >= 4 is 0 Å². The summed E-state index contributed by atoms with van der Waals surface area (Å²) >= 11 is 0. The molecule has 2 heteroatoms. The summed E-state index contributed by atoms with van der Waals surface area (Å²) in [5.41, 5.74) is 0. The highest BCUT2D eigenvalue weighted by molar-refractivity contribution is 4.97. The Morgan fingerprint density at radius 1 is 1.13 bits per heavy atom. The second-order valence-electron chi connectivity index (χ2n) is 5.94. The molecule has 0 radical (unpaired) electrons. The Morgan fingerprint density at radius 3 is 2.27 bits per heavy atom. The van der Waals surface area contributed by atoms with E-state index in [2.05, 4.69) is 17.6 Å². The number of hydrogen-bond acceptors (Lipinski definition) is 2. The molecule has 0 aromatic heterocycles. The Morgan fingerprint density at radius 2 is 1.80 bits per heavy atom. The molecule has 2 N–H and O–H groups in total. The molecular weight excluding hydrogens is 184 g/mol. The molecule has 2 aliphatic carbocycles. The molecule has 0 aromatic carbocycles. The first-order valence-electron chi connectivity index (χ1n) is 6.81. The molecule has 2 nitrogen and oxygen atoms in total. The fourth-order valence-electron chi connectivity index (χ4n) is 3.06. The van der Waals surface area contributed by atoms with Gasteiger partial charge in [0.2, 0.25) is 0 Å². The topological polar surface area (TPSA) is 24.1 Å². The van der Waals surface area contributed by atoms with Crippen LogP contribution in [0.4, 0.5) is 0 Å². The van der Waals surface area contributed by atoms with E-state index >= 15 is 0 Å². The van der Waals surface area contributed by atoms with E-state index in [0.717, 1.165) is 29.8 Å². The molecule has 0 spiro atoms. The van der Waals surface area contributed by atoms with Crippen molar-refractivity contribution in [2.45, 2.75) is 51.1 Å². The molecule has 2 unspecified atom stereocenters. The van der Waals surface area contributed by atoms with Crippen LogP contribution in [-0.4, -0.2) is 25.2 Å². The predicted octanol–water partition coefficient (Wildman–Crippen LogP) is 1.76. The fourth-order valence-corrected chi connectivity index (χ4v) is 3.06. The Kier molecular flexibility index (Phi) is 2.73. The molecule has 1 aliphatic heterocycles. The first-order valence-corrected chi connectivity index (χ1v) is 6.81. The lowest BCUT2D eigenvalue weighted by Gasteiger charge is -2.22. The van der Waals surface area contributed by atoms with Crippen molar-refractivity contribution in [3.63, 3.8) is 0 Å². The molecule has 1 saturated heterocycles. The first kappa shape index (κ1) is 10.1. The summed E-state index contributed by atoms with van der Waals surface area (Å²) in [6.45, 7) is 4.82. The monoisotopic (exact) mass is 208 g/mol. The SMILES string of the molecule is CC1CCNC1CNC(C1CC1)C1CC1. The molecule has 3 fully saturated rings. The van der Waals surface area contributed by atoms with E-state index in [1.165, 1.54) is 45.2 Å². The third-order valence-corrected chi connectivity index (χ3v) is 4.53. The van der Waals surface area contributed by atoms with Gasteiger partial charge in [0, 0.05) is 18.6 Å². The van der Waals surface area contributed by atoms with Gasteiger partial charge in [-0.1, -0.05) is 6.92 Å². The summed E-state index contributed by atoms with van der Waals surface area (Å²) in [7, 11) is 0. The Bertz CT molecular complexity index is 209. The smallest absolute Gasteiger partial charge is 0.0218 e. The van der Waals surface area contributed by atoms with E-state index in [0.29, 0.717) is 0 Å². The van der Waals surface area contributed by atoms with E-state index in [-0.39, 0.29) is 0 Å². The second kappa shape index (κ2) is 4.06. The van der Waals surface area contributed by atoms with Gasteiger partial charge >= 0.3 is 0 Å². The number of nitrogens with one attached hydrogen (secondary N) is 2. The first-order chi connectivity index (χ1) is 7.34. The fraction of sp³-hybridized carbons (Fsp3) is 1.00. The average molecular weight is 208 g/mol. The van der Waals surface area contributed by atoms with Gasteiger partial charge < -0.3 is 10.6 Å². The summed E-state index contributed by atoms with van der Waals surface area (Å²) < 4.78 is 0. The van der Waals surface area contributed by atoms with Gasteiger partial charge in [-0.05, 0) is 56.4 Å². The summed E-state index contributed by atoms with van der Waals surface area (Å²) in [5.74, 6) is 2.94. The summed E-state index contributed by atoms with van der Waals surface area (Å²) in [6, 6.07) is 1.62. The van der Waals surface area contributed by atoms with E-state index in [9.17, 15) is 0 Å². The zero-order valence-electron chi connectivity index (χ0n) is 9.84. The lowest BCUT2D eigenvalue weighted by molar-refractivity contribution is 0.366. The van der Waals surface area contributed by atoms with Gasteiger partial charge in [-0.15, -0.1) is 0 Å². The van der Waals surface area contributed by atoms with Crippen molar-refractivity contribution in [1.82, 2.24) is 10.6 Å². The molecular formula is C13H24N2. The van der Waals surface area contributed by atoms with E-state index in [4.69, 9.17) is 0 Å². The third kappa shape index (κ3) is 2.36. The van der Waals surface area contributed by atoms with Crippen molar-refractivity contribution in [1.29, 1.82) is 0 Å². The van der Waals surface area contributed by atoms with Crippen LogP contribution < -0.4 is 10.6 Å². The van der Waals surface area contributed by atoms with Crippen molar-refractivity contribution in [3.05, 3.63) is 0 Å². The molecule has 2 saturated carbocycles. The third-order valence-electron chi connectivity index (χ3n) is 4.53. The van der Waals surface area contributed by atoms with Gasteiger partial charge in [0.05, 0.1) is 0 Å². The molecule has 1 heterocycles. The van der Waals surface area contributed by atoms with Crippen molar-refractivity contribution in [2.24, 2.45) is 17.8 Å². The highest BCUT2D eigenvalue weighted by Crippen LogP contribution is 2.44. The highest BCUT2D eigenvalue weighted by atomic mass is 15.0. The van der Waals surface area contributed by atoms with Gasteiger partial charge in [-0.2, -0.15) is 0 Å². The van der Waals surface area contributed by atoms with Gasteiger partial charge in [0.1, 0.15) is 0 Å². The lowest BCUT2D eigenvalue weighted by Crippen LogP contribution is -2.43. The van der Waals surface area contributed by atoms with Crippen molar-refractivity contribution < 1.29 is 0 Å². The van der Waals surface area contributed by atoms with Crippen LogP contribution in [0.2, 0.25) is 0 Å². The zero-order chi connectivity index (χ0) is 10.3. The largest absolute Gasteiger partial charge is 0.312 e. The van der Waals surface area contributed by atoms with Gasteiger partial charge in [0.25, 0.3) is 0 Å². The molecule has 0 bridgehead atoms. The number of rotatable bonds is 5. The van der Waals surface area contributed by atoms with Crippen molar-refractivity contribution in [2.75, 3.05) is 13.1 Å². The molecule has 15 heavy (non-hydrogen) atoms. The summed E-state index contributed by atoms with van der Waals surface area (Å²) in [5, 5.41) is 7.47.